The number of nitrogens with zero attached hydrogens (tertiary/aromatic N) is 2. The van der Waals surface area contributed by atoms with Crippen molar-refractivity contribution in [2.24, 2.45) is 0 Å². The molecule has 8 heteroatoms. The maximum Gasteiger partial charge on any atom is 0.237 e. The Kier molecular flexibility index (Phi) is 5.94. The van der Waals surface area contributed by atoms with Crippen LogP contribution in [-0.2, 0) is 11.3 Å². The van der Waals surface area contributed by atoms with Crippen molar-refractivity contribution in [1.29, 1.82) is 0 Å². The van der Waals surface area contributed by atoms with Crippen LogP contribution in [0.3, 0.4) is 0 Å². The zero-order chi connectivity index (χ0) is 21.1. The number of thioether (sulfide) groups is 1. The van der Waals surface area contributed by atoms with Gasteiger partial charge in [-0.05, 0) is 44.2 Å². The third kappa shape index (κ3) is 4.14. The van der Waals surface area contributed by atoms with Gasteiger partial charge in [-0.3, -0.25) is 4.79 Å². The van der Waals surface area contributed by atoms with E-state index in [2.05, 4.69) is 10.3 Å². The highest BCUT2D eigenvalue weighted by Crippen LogP contribution is 2.36. The molecule has 6 nitrogen and oxygen atoms in total. The third-order valence-corrected chi connectivity index (χ3v) is 5.86. The van der Waals surface area contributed by atoms with E-state index in [-0.39, 0.29) is 11.6 Å². The zero-order valence-electron chi connectivity index (χ0n) is 16.7. The van der Waals surface area contributed by atoms with Crippen LogP contribution in [0.15, 0.2) is 53.8 Å². The fraction of sp³-hybridized carbons (Fsp3) is 0.273. The van der Waals surface area contributed by atoms with Crippen molar-refractivity contribution in [3.05, 3.63) is 54.5 Å². The number of amides is 1. The van der Waals surface area contributed by atoms with Crippen molar-refractivity contribution >= 4 is 23.4 Å². The van der Waals surface area contributed by atoms with Crippen molar-refractivity contribution in [1.82, 2.24) is 9.55 Å². The van der Waals surface area contributed by atoms with Gasteiger partial charge in [0.05, 0.1) is 22.8 Å². The Morgan fingerprint density at radius 3 is 2.77 bits per heavy atom. The van der Waals surface area contributed by atoms with Gasteiger partial charge in [0, 0.05) is 12.1 Å². The number of nitrogens with one attached hydrogen (secondary N) is 1. The Hall–Kier alpha value is -3.00. The number of carbonyl (C=O) groups excluding carboxylic acids is 1. The van der Waals surface area contributed by atoms with Crippen LogP contribution < -0.4 is 14.8 Å². The quantitative estimate of drug-likeness (QED) is 0.583. The summed E-state index contributed by atoms with van der Waals surface area (Å²) in [6, 6.07) is 11.9. The fourth-order valence-electron chi connectivity index (χ4n) is 3.20. The van der Waals surface area contributed by atoms with Crippen molar-refractivity contribution in [3.63, 3.8) is 0 Å². The zero-order valence-corrected chi connectivity index (χ0v) is 17.5. The second-order valence-electron chi connectivity index (χ2n) is 6.76. The van der Waals surface area contributed by atoms with Crippen molar-refractivity contribution in [2.45, 2.75) is 30.8 Å². The lowest BCUT2D eigenvalue weighted by atomic mass is 10.1. The standard InChI is InChI=1S/C22H22FN3O3S/c1-3-26-18(15-8-9-19-20(12-15)29-11-10-28-19)13-24-22(26)30-14(2)21(27)25-17-7-5-4-6-16(17)23/h4-9,12-14H,3,10-11H2,1-2H3,(H,25,27). The Labute approximate surface area is 178 Å². The number of halogens is 1. The molecule has 0 saturated heterocycles. The third-order valence-electron chi connectivity index (χ3n) is 4.76. The molecule has 1 aliphatic heterocycles. The van der Waals surface area contributed by atoms with E-state index in [9.17, 15) is 9.18 Å². The van der Waals surface area contributed by atoms with Crippen LogP contribution >= 0.6 is 11.8 Å². The number of anilines is 1. The summed E-state index contributed by atoms with van der Waals surface area (Å²) in [5, 5.41) is 2.91. The lowest BCUT2D eigenvalue weighted by Crippen LogP contribution is -2.23. The summed E-state index contributed by atoms with van der Waals surface area (Å²) in [7, 11) is 0. The van der Waals surface area contributed by atoms with E-state index in [0.717, 1.165) is 27.9 Å². The first-order valence-electron chi connectivity index (χ1n) is 9.74. The summed E-state index contributed by atoms with van der Waals surface area (Å²) >= 11 is 1.33. The molecule has 2 heterocycles. The SMILES string of the molecule is CCn1c(-c2ccc3c(c2)OCCO3)cnc1SC(C)C(=O)Nc1ccccc1F. The summed E-state index contributed by atoms with van der Waals surface area (Å²) in [6.45, 7) is 5.57. The van der Waals surface area contributed by atoms with Gasteiger partial charge in [-0.25, -0.2) is 9.37 Å². The van der Waals surface area contributed by atoms with Gasteiger partial charge >= 0.3 is 0 Å². The minimum absolute atomic E-state index is 0.172. The highest BCUT2D eigenvalue weighted by Gasteiger charge is 2.21. The van der Waals surface area contributed by atoms with Gasteiger partial charge in [0.1, 0.15) is 19.0 Å². The minimum Gasteiger partial charge on any atom is -0.486 e. The maximum absolute atomic E-state index is 13.8. The van der Waals surface area contributed by atoms with Gasteiger partial charge < -0.3 is 19.4 Å². The largest absolute Gasteiger partial charge is 0.486 e. The maximum atomic E-state index is 13.8. The topological polar surface area (TPSA) is 65.4 Å². The predicted octanol–water partition coefficient (Wildman–Crippen LogP) is 4.60. The van der Waals surface area contributed by atoms with E-state index in [4.69, 9.17) is 9.47 Å². The van der Waals surface area contributed by atoms with Crippen LogP contribution in [0.25, 0.3) is 11.3 Å². The van der Waals surface area contributed by atoms with E-state index in [0.29, 0.717) is 19.8 Å². The van der Waals surface area contributed by atoms with E-state index in [1.807, 2.05) is 29.7 Å². The fourth-order valence-corrected chi connectivity index (χ4v) is 4.15. The highest BCUT2D eigenvalue weighted by molar-refractivity contribution is 8.00. The number of para-hydroxylation sites is 1. The normalized spacial score (nSPS) is 13.7. The molecule has 3 aromatic rings. The molecule has 1 unspecified atom stereocenters. The lowest BCUT2D eigenvalue weighted by Gasteiger charge is -2.19. The number of rotatable bonds is 6. The molecule has 0 fully saturated rings. The Balaban J connectivity index is 1.52. The van der Waals surface area contributed by atoms with Gasteiger partial charge in [0.15, 0.2) is 16.7 Å². The number of ether oxygens (including phenoxy) is 2. The Bertz CT molecular complexity index is 1070. The molecule has 4 rings (SSSR count). The minimum atomic E-state index is -0.459. The van der Waals surface area contributed by atoms with Crippen LogP contribution in [0, 0.1) is 5.82 Å². The predicted molar refractivity (Wildman–Crippen MR) is 115 cm³/mol. The second-order valence-corrected chi connectivity index (χ2v) is 8.07. The first-order chi connectivity index (χ1) is 14.6. The number of aromatic nitrogens is 2. The summed E-state index contributed by atoms with van der Waals surface area (Å²) in [6.07, 6.45) is 1.79. The molecule has 0 radical (unpaired) electrons. The smallest absolute Gasteiger partial charge is 0.237 e. The lowest BCUT2D eigenvalue weighted by molar-refractivity contribution is -0.115. The molecule has 156 valence electrons. The molecular weight excluding hydrogens is 405 g/mol. The monoisotopic (exact) mass is 427 g/mol. The van der Waals surface area contributed by atoms with Crippen molar-refractivity contribution in [2.75, 3.05) is 18.5 Å². The second kappa shape index (κ2) is 8.79. The Morgan fingerprint density at radius 2 is 2.00 bits per heavy atom. The van der Waals surface area contributed by atoms with Crippen LogP contribution in [0.4, 0.5) is 10.1 Å². The molecule has 1 aliphatic rings. The number of fused-ring (bicyclic) bond motifs is 1. The molecule has 1 aromatic heterocycles. The highest BCUT2D eigenvalue weighted by atomic mass is 32.2. The molecule has 0 aliphatic carbocycles. The summed E-state index contributed by atoms with van der Waals surface area (Å²) in [5.41, 5.74) is 2.06. The van der Waals surface area contributed by atoms with Crippen LogP contribution in [0.2, 0.25) is 0 Å². The number of hydrogen-bond acceptors (Lipinski definition) is 5. The van der Waals surface area contributed by atoms with Gasteiger partial charge in [0.25, 0.3) is 0 Å². The van der Waals surface area contributed by atoms with Gasteiger partial charge in [-0.2, -0.15) is 0 Å². The molecule has 1 amide bonds. The first-order valence-corrected chi connectivity index (χ1v) is 10.6. The average molecular weight is 428 g/mol. The molecule has 0 saturated carbocycles. The first kappa shape index (κ1) is 20.3. The van der Waals surface area contributed by atoms with Crippen molar-refractivity contribution < 1.29 is 18.7 Å². The molecular formula is C22H22FN3O3S. The number of carbonyl (C=O) groups is 1. The number of hydrogen-bond donors (Lipinski definition) is 1. The van der Waals surface area contributed by atoms with E-state index >= 15 is 0 Å². The molecule has 0 bridgehead atoms. The number of imidazole rings is 1. The van der Waals surface area contributed by atoms with Crippen LogP contribution in [0.5, 0.6) is 11.5 Å². The van der Waals surface area contributed by atoms with Crippen LogP contribution in [-0.4, -0.2) is 33.9 Å². The molecule has 1 N–H and O–H groups in total. The summed E-state index contributed by atoms with van der Waals surface area (Å²) in [5.74, 6) is 0.714. The van der Waals surface area contributed by atoms with Crippen LogP contribution in [0.1, 0.15) is 13.8 Å². The average Bonchev–Trinajstić information content (AvgIpc) is 3.17. The van der Waals surface area contributed by atoms with Gasteiger partial charge in [-0.15, -0.1) is 0 Å². The van der Waals surface area contributed by atoms with E-state index < -0.39 is 11.1 Å². The Morgan fingerprint density at radius 1 is 1.23 bits per heavy atom. The molecule has 2 aromatic carbocycles. The van der Waals surface area contributed by atoms with E-state index in [1.165, 1.54) is 23.9 Å². The van der Waals surface area contributed by atoms with Gasteiger partial charge in [-0.1, -0.05) is 23.9 Å². The van der Waals surface area contributed by atoms with Gasteiger partial charge in [0.2, 0.25) is 5.91 Å². The van der Waals surface area contributed by atoms with E-state index in [1.54, 1.807) is 25.3 Å². The summed E-state index contributed by atoms with van der Waals surface area (Å²) < 4.78 is 27.1. The molecule has 0 spiro atoms. The summed E-state index contributed by atoms with van der Waals surface area (Å²) in [4.78, 5) is 17.1. The number of benzene rings is 2. The molecule has 30 heavy (non-hydrogen) atoms. The molecule has 1 atom stereocenters. The van der Waals surface area contributed by atoms with Crippen molar-refractivity contribution in [3.8, 4) is 22.8 Å².